The number of carbonyl (C=O) groups is 1. The van der Waals surface area contributed by atoms with Crippen LogP contribution in [0.15, 0.2) is 40.4 Å². The average Bonchev–Trinajstić information content (AvgIpc) is 2.97. The lowest BCUT2D eigenvalue weighted by Gasteiger charge is -2.05. The van der Waals surface area contributed by atoms with Crippen molar-refractivity contribution in [3.8, 4) is 5.69 Å². The summed E-state index contributed by atoms with van der Waals surface area (Å²) < 4.78 is 6.19. The van der Waals surface area contributed by atoms with Gasteiger partial charge in [0.25, 0.3) is 5.56 Å². The summed E-state index contributed by atoms with van der Waals surface area (Å²) in [5, 5.41) is 5.00. The van der Waals surface area contributed by atoms with Crippen molar-refractivity contribution in [2.45, 2.75) is 12.1 Å². The van der Waals surface area contributed by atoms with Gasteiger partial charge in [-0.1, -0.05) is 23.9 Å². The molecule has 0 unspecified atom stereocenters. The number of benzene rings is 1. The third-order valence-electron chi connectivity index (χ3n) is 3.22. The first-order valence-corrected chi connectivity index (χ1v) is 7.82. The van der Waals surface area contributed by atoms with Crippen molar-refractivity contribution in [2.75, 3.05) is 12.9 Å². The largest absolute Gasteiger partial charge is 0.468 e. The van der Waals surface area contributed by atoms with Crippen LogP contribution in [0.3, 0.4) is 0 Å². The summed E-state index contributed by atoms with van der Waals surface area (Å²) in [4.78, 5) is 30.4. The molecule has 0 aliphatic carbocycles. The molecule has 0 saturated heterocycles. The van der Waals surface area contributed by atoms with Crippen LogP contribution in [0.1, 0.15) is 5.56 Å². The highest BCUT2D eigenvalue weighted by Crippen LogP contribution is 2.18. The summed E-state index contributed by atoms with van der Waals surface area (Å²) in [5.74, 6) is -0.311. The van der Waals surface area contributed by atoms with Crippen LogP contribution < -0.4 is 5.56 Å². The molecule has 0 radical (unpaired) electrons. The Kier molecular flexibility index (Phi) is 4.16. The van der Waals surface area contributed by atoms with Crippen LogP contribution in [0.5, 0.6) is 0 Å². The Bertz CT molecular complexity index is 932. The third-order valence-corrected chi connectivity index (χ3v) is 4.06. The molecule has 0 spiro atoms. The fourth-order valence-corrected chi connectivity index (χ4v) is 2.79. The van der Waals surface area contributed by atoms with Gasteiger partial charge < -0.3 is 9.72 Å². The van der Waals surface area contributed by atoms with Crippen molar-refractivity contribution >= 4 is 28.8 Å². The van der Waals surface area contributed by atoms with Gasteiger partial charge in [0.2, 0.25) is 0 Å². The number of thioether (sulfide) groups is 1. The lowest BCUT2D eigenvalue weighted by Crippen LogP contribution is -2.11. The maximum absolute atomic E-state index is 12.1. The Labute approximate surface area is 135 Å². The van der Waals surface area contributed by atoms with E-state index in [1.165, 1.54) is 13.3 Å². The minimum absolute atomic E-state index is 0.0729. The molecule has 2 aromatic heterocycles. The van der Waals surface area contributed by atoms with Crippen LogP contribution in [0.2, 0.25) is 0 Å². The molecule has 0 aliphatic heterocycles. The predicted molar refractivity (Wildman–Crippen MR) is 87.0 cm³/mol. The van der Waals surface area contributed by atoms with Crippen molar-refractivity contribution in [3.63, 3.8) is 0 Å². The van der Waals surface area contributed by atoms with Crippen molar-refractivity contribution in [2.24, 2.45) is 0 Å². The highest BCUT2D eigenvalue weighted by atomic mass is 32.2. The van der Waals surface area contributed by atoms with Gasteiger partial charge in [0.15, 0.2) is 10.8 Å². The summed E-state index contributed by atoms with van der Waals surface area (Å²) in [7, 11) is 1.31. The van der Waals surface area contributed by atoms with Crippen LogP contribution in [0.4, 0.5) is 0 Å². The van der Waals surface area contributed by atoms with Crippen LogP contribution >= 0.6 is 11.8 Å². The molecule has 0 saturated carbocycles. The molecule has 3 aromatic rings. The Balaban J connectivity index is 2.05. The summed E-state index contributed by atoms with van der Waals surface area (Å²) in [5.41, 5.74) is 2.06. The minimum Gasteiger partial charge on any atom is -0.468 e. The smallest absolute Gasteiger partial charge is 0.316 e. The van der Waals surface area contributed by atoms with Gasteiger partial charge in [0, 0.05) is 0 Å². The lowest BCUT2D eigenvalue weighted by atomic mass is 10.2. The van der Waals surface area contributed by atoms with Gasteiger partial charge in [-0.3, -0.25) is 9.59 Å². The molecule has 2 heterocycles. The lowest BCUT2D eigenvalue weighted by molar-refractivity contribution is -0.137. The molecule has 7 nitrogen and oxygen atoms in total. The highest BCUT2D eigenvalue weighted by molar-refractivity contribution is 7.99. The molecule has 0 aliphatic rings. The first-order valence-electron chi connectivity index (χ1n) is 6.83. The van der Waals surface area contributed by atoms with E-state index in [9.17, 15) is 9.59 Å². The second-order valence-electron chi connectivity index (χ2n) is 4.87. The number of nitrogens with zero attached hydrogens (tertiary/aromatic N) is 3. The van der Waals surface area contributed by atoms with Crippen LogP contribution in [-0.4, -0.2) is 38.6 Å². The first-order chi connectivity index (χ1) is 11.1. The van der Waals surface area contributed by atoms with Gasteiger partial charge >= 0.3 is 5.97 Å². The first kappa shape index (κ1) is 15.3. The summed E-state index contributed by atoms with van der Waals surface area (Å²) in [6.45, 7) is 1.98. The zero-order chi connectivity index (χ0) is 16.4. The Morgan fingerprint density at radius 3 is 3.00 bits per heavy atom. The Morgan fingerprint density at radius 1 is 1.43 bits per heavy atom. The van der Waals surface area contributed by atoms with Gasteiger partial charge in [-0.15, -0.1) is 0 Å². The number of H-pyrrole nitrogens is 1. The molecule has 8 heteroatoms. The van der Waals surface area contributed by atoms with Crippen molar-refractivity contribution in [1.29, 1.82) is 0 Å². The molecule has 23 heavy (non-hydrogen) atoms. The maximum atomic E-state index is 12.1. The number of aromatic amines is 1. The van der Waals surface area contributed by atoms with Gasteiger partial charge in [-0.2, -0.15) is 5.10 Å². The normalized spacial score (nSPS) is 10.9. The average molecular weight is 330 g/mol. The van der Waals surface area contributed by atoms with Crippen molar-refractivity contribution in [3.05, 3.63) is 46.4 Å². The van der Waals surface area contributed by atoms with Gasteiger partial charge in [0.1, 0.15) is 5.39 Å². The van der Waals surface area contributed by atoms with E-state index in [0.29, 0.717) is 16.2 Å². The van der Waals surface area contributed by atoms with E-state index in [2.05, 4.69) is 19.8 Å². The zero-order valence-electron chi connectivity index (χ0n) is 12.6. The number of aryl methyl sites for hydroxylation is 1. The third kappa shape index (κ3) is 3.11. The van der Waals surface area contributed by atoms with E-state index in [1.54, 1.807) is 4.68 Å². The van der Waals surface area contributed by atoms with E-state index in [0.717, 1.165) is 23.0 Å². The van der Waals surface area contributed by atoms with E-state index in [4.69, 9.17) is 0 Å². The molecular weight excluding hydrogens is 316 g/mol. The topological polar surface area (TPSA) is 89.9 Å². The van der Waals surface area contributed by atoms with Crippen LogP contribution in [-0.2, 0) is 9.53 Å². The SMILES string of the molecule is COC(=O)CSc1nc2c(cnn2-c2cccc(C)c2)c(=O)[nH]1. The van der Waals surface area contributed by atoms with Gasteiger partial charge in [-0.05, 0) is 24.6 Å². The van der Waals surface area contributed by atoms with Crippen LogP contribution in [0.25, 0.3) is 16.7 Å². The highest BCUT2D eigenvalue weighted by Gasteiger charge is 2.13. The zero-order valence-corrected chi connectivity index (χ0v) is 13.4. The van der Waals surface area contributed by atoms with Gasteiger partial charge in [0.05, 0.1) is 24.7 Å². The number of nitrogens with one attached hydrogen (secondary N) is 1. The summed E-state index contributed by atoms with van der Waals surface area (Å²) in [6.07, 6.45) is 1.48. The second-order valence-corrected chi connectivity index (χ2v) is 5.83. The standard InChI is InChI=1S/C15H14N4O3S/c1-9-4-3-5-10(6-9)19-13-11(7-16-19)14(21)18-15(17-13)23-8-12(20)22-2/h3-7H,8H2,1-2H3,(H,17,18,21). The molecule has 3 rings (SSSR count). The summed E-state index contributed by atoms with van der Waals surface area (Å²) >= 11 is 1.11. The molecular formula is C15H14N4O3S. The van der Waals surface area contributed by atoms with E-state index < -0.39 is 0 Å². The van der Waals surface area contributed by atoms with Crippen molar-refractivity contribution < 1.29 is 9.53 Å². The predicted octanol–water partition coefficient (Wildman–Crippen LogP) is 1.68. The number of carbonyl (C=O) groups excluding carboxylic acids is 1. The van der Waals surface area contributed by atoms with Gasteiger partial charge in [-0.25, -0.2) is 9.67 Å². The molecule has 0 bridgehead atoms. The van der Waals surface area contributed by atoms with Crippen molar-refractivity contribution in [1.82, 2.24) is 19.7 Å². The number of aromatic nitrogens is 4. The number of methoxy groups -OCH3 is 1. The molecule has 1 N–H and O–H groups in total. The quantitative estimate of drug-likeness (QED) is 0.445. The van der Waals surface area contributed by atoms with Crippen LogP contribution in [0, 0.1) is 6.92 Å². The molecule has 0 amide bonds. The Morgan fingerprint density at radius 2 is 2.26 bits per heavy atom. The number of hydrogen-bond donors (Lipinski definition) is 1. The van der Waals surface area contributed by atoms with E-state index in [1.807, 2.05) is 31.2 Å². The Hall–Kier alpha value is -2.61. The minimum atomic E-state index is -0.384. The van der Waals surface area contributed by atoms with E-state index >= 15 is 0 Å². The molecule has 1 aromatic carbocycles. The molecule has 0 fully saturated rings. The molecule has 0 atom stereocenters. The van der Waals surface area contributed by atoms with E-state index in [-0.39, 0.29) is 17.3 Å². The maximum Gasteiger partial charge on any atom is 0.316 e. The number of esters is 1. The molecule has 118 valence electrons. The number of hydrogen-bond acceptors (Lipinski definition) is 6. The fourth-order valence-electron chi connectivity index (χ4n) is 2.10. The fraction of sp³-hybridized carbons (Fsp3) is 0.200. The number of fused-ring (bicyclic) bond motifs is 1. The number of ether oxygens (including phenoxy) is 1. The second kappa shape index (κ2) is 6.25. The monoisotopic (exact) mass is 330 g/mol. The number of rotatable bonds is 4. The summed E-state index contributed by atoms with van der Waals surface area (Å²) in [6, 6.07) is 7.74.